The van der Waals surface area contributed by atoms with E-state index in [1.165, 1.54) is 32.1 Å². The van der Waals surface area contributed by atoms with E-state index in [0.717, 1.165) is 19.0 Å². The van der Waals surface area contributed by atoms with Crippen LogP contribution in [0.5, 0.6) is 0 Å². The van der Waals surface area contributed by atoms with Gasteiger partial charge < -0.3 is 20.7 Å². The van der Waals surface area contributed by atoms with Crippen molar-refractivity contribution in [3.8, 4) is 0 Å². The molecule has 0 bridgehead atoms. The van der Waals surface area contributed by atoms with Gasteiger partial charge in [-0.1, -0.05) is 40.0 Å². The number of hydrogen-bond donors (Lipinski definition) is 3. The van der Waals surface area contributed by atoms with Gasteiger partial charge in [0.05, 0.1) is 6.10 Å². The molecule has 0 aromatic rings. The molecule has 0 aromatic heterocycles. The lowest BCUT2D eigenvalue weighted by atomic mass is 9.55. The summed E-state index contributed by atoms with van der Waals surface area (Å²) >= 11 is 0. The number of aliphatic imine (C=N–C) groups is 1. The van der Waals surface area contributed by atoms with E-state index in [1.54, 1.807) is 7.05 Å². The molecule has 0 aliphatic heterocycles. The number of guanidine groups is 1. The highest BCUT2D eigenvalue weighted by Crippen LogP contribution is 2.53. The van der Waals surface area contributed by atoms with Crippen LogP contribution in [0.25, 0.3) is 0 Å². The number of hydrogen-bond acceptors (Lipinski definition) is 3. The molecule has 26 heavy (non-hydrogen) atoms. The van der Waals surface area contributed by atoms with Crippen LogP contribution in [0.4, 0.5) is 0 Å². The van der Waals surface area contributed by atoms with Crippen LogP contribution in [0, 0.1) is 10.8 Å². The van der Waals surface area contributed by atoms with Gasteiger partial charge in [0, 0.05) is 43.6 Å². The standard InChI is InChI=1S/C20H38N4O2/c1-6-26-16-14-15(20(16)10-8-7-9-11-20)24-18(21-5)23-13-12-22-17(25)19(2,3)4/h15-16H,6-14H2,1-5H3,(H,22,25)(H2,21,23,24). The van der Waals surface area contributed by atoms with Crippen molar-refractivity contribution in [2.45, 2.75) is 78.4 Å². The monoisotopic (exact) mass is 366 g/mol. The zero-order valence-corrected chi connectivity index (χ0v) is 17.3. The normalized spacial score (nSPS) is 25.5. The van der Waals surface area contributed by atoms with Gasteiger partial charge in [-0.2, -0.15) is 0 Å². The van der Waals surface area contributed by atoms with E-state index >= 15 is 0 Å². The van der Waals surface area contributed by atoms with Crippen LogP contribution in [0.2, 0.25) is 0 Å². The first kappa shape index (κ1) is 21.0. The molecule has 2 unspecified atom stereocenters. The zero-order chi connectivity index (χ0) is 19.2. The quantitative estimate of drug-likeness (QED) is 0.383. The second kappa shape index (κ2) is 9.07. The van der Waals surface area contributed by atoms with Crippen molar-refractivity contribution >= 4 is 11.9 Å². The van der Waals surface area contributed by atoms with Gasteiger partial charge in [-0.05, 0) is 26.2 Å². The van der Waals surface area contributed by atoms with Crippen LogP contribution in [0.15, 0.2) is 4.99 Å². The molecule has 2 aliphatic carbocycles. The Kier molecular flexibility index (Phi) is 7.33. The second-order valence-corrected chi connectivity index (χ2v) is 8.68. The number of nitrogens with one attached hydrogen (secondary N) is 3. The molecule has 3 N–H and O–H groups in total. The largest absolute Gasteiger partial charge is 0.378 e. The molecule has 6 heteroatoms. The maximum absolute atomic E-state index is 11.9. The average Bonchev–Trinajstić information content (AvgIpc) is 2.62. The Morgan fingerprint density at radius 2 is 1.81 bits per heavy atom. The molecular formula is C20H38N4O2. The van der Waals surface area contributed by atoms with Crippen molar-refractivity contribution in [3.63, 3.8) is 0 Å². The summed E-state index contributed by atoms with van der Waals surface area (Å²) in [5.74, 6) is 0.891. The third kappa shape index (κ3) is 4.90. The molecule has 2 aliphatic rings. The van der Waals surface area contributed by atoms with Gasteiger partial charge in [0.1, 0.15) is 0 Å². The Morgan fingerprint density at radius 1 is 1.15 bits per heavy atom. The van der Waals surface area contributed by atoms with E-state index in [2.05, 4.69) is 27.9 Å². The minimum absolute atomic E-state index is 0.0713. The first-order valence-electron chi connectivity index (χ1n) is 10.2. The third-order valence-electron chi connectivity index (χ3n) is 5.86. The Morgan fingerprint density at radius 3 is 2.38 bits per heavy atom. The molecule has 0 aromatic carbocycles. The molecule has 6 nitrogen and oxygen atoms in total. The highest BCUT2D eigenvalue weighted by molar-refractivity contribution is 5.82. The highest BCUT2D eigenvalue weighted by atomic mass is 16.5. The van der Waals surface area contributed by atoms with Crippen LogP contribution in [0.1, 0.15) is 66.2 Å². The van der Waals surface area contributed by atoms with Gasteiger partial charge >= 0.3 is 0 Å². The van der Waals surface area contributed by atoms with Crippen LogP contribution in [-0.2, 0) is 9.53 Å². The number of rotatable bonds is 6. The lowest BCUT2D eigenvalue weighted by molar-refractivity contribution is -0.145. The summed E-state index contributed by atoms with van der Waals surface area (Å²) in [6, 6.07) is 0.426. The lowest BCUT2D eigenvalue weighted by Crippen LogP contribution is -2.66. The topological polar surface area (TPSA) is 74.8 Å². The molecule has 150 valence electrons. The van der Waals surface area contributed by atoms with E-state index in [9.17, 15) is 4.79 Å². The van der Waals surface area contributed by atoms with E-state index in [0.29, 0.717) is 25.2 Å². The van der Waals surface area contributed by atoms with Gasteiger partial charge in [-0.15, -0.1) is 0 Å². The van der Waals surface area contributed by atoms with Gasteiger partial charge in [0.15, 0.2) is 5.96 Å². The summed E-state index contributed by atoms with van der Waals surface area (Å²) in [7, 11) is 1.80. The zero-order valence-electron chi connectivity index (χ0n) is 17.3. The number of amides is 1. The lowest BCUT2D eigenvalue weighted by Gasteiger charge is -2.57. The predicted octanol–water partition coefficient (Wildman–Crippen LogP) is 2.44. The minimum Gasteiger partial charge on any atom is -0.378 e. The maximum Gasteiger partial charge on any atom is 0.225 e. The van der Waals surface area contributed by atoms with Gasteiger partial charge in [0.25, 0.3) is 0 Å². The smallest absolute Gasteiger partial charge is 0.225 e. The molecular weight excluding hydrogens is 328 g/mol. The highest BCUT2D eigenvalue weighted by Gasteiger charge is 2.55. The fourth-order valence-electron chi connectivity index (χ4n) is 4.25. The molecule has 1 amide bonds. The molecule has 0 heterocycles. The van der Waals surface area contributed by atoms with Crippen molar-refractivity contribution in [2.24, 2.45) is 15.8 Å². The van der Waals surface area contributed by atoms with Crippen molar-refractivity contribution < 1.29 is 9.53 Å². The number of carbonyl (C=O) groups excluding carboxylic acids is 1. The molecule has 2 rings (SSSR count). The average molecular weight is 367 g/mol. The summed E-state index contributed by atoms with van der Waals surface area (Å²) in [5.41, 5.74) is -0.0835. The number of nitrogens with zero attached hydrogens (tertiary/aromatic N) is 1. The summed E-state index contributed by atoms with van der Waals surface area (Å²) in [5, 5.41) is 9.90. The van der Waals surface area contributed by atoms with Crippen molar-refractivity contribution in [2.75, 3.05) is 26.7 Å². The fourth-order valence-corrected chi connectivity index (χ4v) is 4.25. The summed E-state index contributed by atoms with van der Waals surface area (Å²) in [6.07, 6.45) is 7.86. The van der Waals surface area contributed by atoms with Crippen molar-refractivity contribution in [1.82, 2.24) is 16.0 Å². The van der Waals surface area contributed by atoms with Gasteiger partial charge in [-0.3, -0.25) is 9.79 Å². The van der Waals surface area contributed by atoms with Crippen LogP contribution in [0.3, 0.4) is 0 Å². The molecule has 0 radical (unpaired) electrons. The summed E-state index contributed by atoms with van der Waals surface area (Å²) < 4.78 is 6.03. The molecule has 2 atom stereocenters. The molecule has 2 fully saturated rings. The Bertz CT molecular complexity index is 493. The SMILES string of the molecule is CCOC1CC(NC(=NC)NCCNC(=O)C(C)(C)C)C12CCCCC2. The van der Waals surface area contributed by atoms with Crippen LogP contribution >= 0.6 is 0 Å². The first-order chi connectivity index (χ1) is 12.3. The fraction of sp³-hybridized carbons (Fsp3) is 0.900. The van der Waals surface area contributed by atoms with Gasteiger partial charge in [0.2, 0.25) is 5.91 Å². The number of carbonyl (C=O) groups is 1. The minimum atomic E-state index is -0.354. The van der Waals surface area contributed by atoms with Crippen LogP contribution in [-0.4, -0.2) is 50.8 Å². The Hall–Kier alpha value is -1.30. The van der Waals surface area contributed by atoms with E-state index in [4.69, 9.17) is 4.74 Å². The van der Waals surface area contributed by atoms with Crippen molar-refractivity contribution in [1.29, 1.82) is 0 Å². The summed E-state index contributed by atoms with van der Waals surface area (Å²) in [4.78, 5) is 16.3. The second-order valence-electron chi connectivity index (χ2n) is 8.68. The van der Waals surface area contributed by atoms with E-state index in [1.807, 2.05) is 20.8 Å². The number of ether oxygens (including phenoxy) is 1. The van der Waals surface area contributed by atoms with Gasteiger partial charge in [-0.25, -0.2) is 0 Å². The molecule has 2 saturated carbocycles. The third-order valence-corrected chi connectivity index (χ3v) is 5.86. The summed E-state index contributed by atoms with van der Waals surface area (Å²) in [6.45, 7) is 9.90. The Labute approximate surface area is 158 Å². The predicted molar refractivity (Wildman–Crippen MR) is 106 cm³/mol. The van der Waals surface area contributed by atoms with E-state index in [-0.39, 0.29) is 16.7 Å². The molecule has 1 spiro atoms. The van der Waals surface area contributed by atoms with E-state index < -0.39 is 0 Å². The van der Waals surface area contributed by atoms with Crippen molar-refractivity contribution in [3.05, 3.63) is 0 Å². The van der Waals surface area contributed by atoms with Crippen LogP contribution < -0.4 is 16.0 Å². The first-order valence-corrected chi connectivity index (χ1v) is 10.2. The maximum atomic E-state index is 11.9. The Balaban J connectivity index is 1.81. The molecule has 0 saturated heterocycles.